The zero-order valence-corrected chi connectivity index (χ0v) is 6.38. The topological polar surface area (TPSA) is 124 Å². The Morgan fingerprint density at radius 3 is 2.46 bits per heavy atom. The lowest BCUT2D eigenvalue weighted by molar-refractivity contribution is -0.219. The first kappa shape index (κ1) is 9.90. The number of aliphatic carboxylic acids is 1. The Balaban J connectivity index is 3.02. The Morgan fingerprint density at radius 1 is 1.54 bits per heavy atom. The van der Waals surface area contributed by atoms with E-state index < -0.39 is 36.4 Å². The van der Waals surface area contributed by atoms with Crippen molar-refractivity contribution in [3.8, 4) is 0 Å². The maximum absolute atomic E-state index is 10.8. The van der Waals surface area contributed by atoms with Crippen LogP contribution in [0, 0.1) is 0 Å². The summed E-state index contributed by atoms with van der Waals surface area (Å²) in [5.74, 6) is -3.43. The number of rotatable bonds is 1. The molecule has 0 spiro atoms. The lowest BCUT2D eigenvalue weighted by atomic mass is 9.91. The van der Waals surface area contributed by atoms with E-state index >= 15 is 0 Å². The summed E-state index contributed by atoms with van der Waals surface area (Å²) in [4.78, 5) is 21.2. The molecule has 0 aromatic heterocycles. The van der Waals surface area contributed by atoms with Crippen LogP contribution in [-0.2, 0) is 14.3 Å². The van der Waals surface area contributed by atoms with Crippen molar-refractivity contribution in [3.63, 3.8) is 0 Å². The van der Waals surface area contributed by atoms with Gasteiger partial charge < -0.3 is 25.2 Å². The monoisotopic (exact) mass is 192 g/mol. The molecule has 7 nitrogen and oxygen atoms in total. The molecule has 0 aromatic carbocycles. The SMILES string of the molecule is O=C(O)[C@]1(O)C(=O)OC[C@H](O)[C@H]1O. The Bertz CT molecular complexity index is 249. The number of carboxylic acid groups (broad SMARTS) is 1. The predicted molar refractivity (Wildman–Crippen MR) is 35.6 cm³/mol. The van der Waals surface area contributed by atoms with Gasteiger partial charge in [0.25, 0.3) is 5.60 Å². The third-order valence-electron chi connectivity index (χ3n) is 1.81. The van der Waals surface area contributed by atoms with Crippen molar-refractivity contribution in [2.24, 2.45) is 0 Å². The number of esters is 1. The molecule has 0 aliphatic carbocycles. The van der Waals surface area contributed by atoms with Gasteiger partial charge in [-0.1, -0.05) is 0 Å². The molecule has 4 N–H and O–H groups in total. The maximum atomic E-state index is 10.8. The van der Waals surface area contributed by atoms with Crippen molar-refractivity contribution in [2.45, 2.75) is 17.8 Å². The summed E-state index contributed by atoms with van der Waals surface area (Å²) in [5.41, 5.74) is -3.07. The number of carbonyl (C=O) groups excluding carboxylic acids is 1. The minimum absolute atomic E-state index is 0.532. The Hall–Kier alpha value is -1.18. The highest BCUT2D eigenvalue weighted by molar-refractivity contribution is 6.03. The number of hydrogen-bond acceptors (Lipinski definition) is 6. The van der Waals surface area contributed by atoms with E-state index in [0.717, 1.165) is 0 Å². The van der Waals surface area contributed by atoms with Crippen LogP contribution in [-0.4, -0.2) is 56.8 Å². The smallest absolute Gasteiger partial charge is 0.353 e. The summed E-state index contributed by atoms with van der Waals surface area (Å²) in [6.07, 6.45) is -3.68. The first-order chi connectivity index (χ1) is 5.90. The van der Waals surface area contributed by atoms with Gasteiger partial charge in [0, 0.05) is 0 Å². The van der Waals surface area contributed by atoms with E-state index in [4.69, 9.17) is 15.3 Å². The van der Waals surface area contributed by atoms with Crippen molar-refractivity contribution in [1.82, 2.24) is 0 Å². The Kier molecular flexibility index (Phi) is 2.24. The summed E-state index contributed by atoms with van der Waals surface area (Å²) in [6.45, 7) is -0.532. The van der Waals surface area contributed by atoms with Gasteiger partial charge in [-0.3, -0.25) is 0 Å². The fraction of sp³-hybridized carbons (Fsp3) is 0.667. The van der Waals surface area contributed by atoms with Crippen LogP contribution in [0.1, 0.15) is 0 Å². The molecule has 0 saturated carbocycles. The van der Waals surface area contributed by atoms with Crippen LogP contribution in [0.25, 0.3) is 0 Å². The predicted octanol–water partition coefficient (Wildman–Crippen LogP) is -2.92. The van der Waals surface area contributed by atoms with Crippen LogP contribution in [0.15, 0.2) is 0 Å². The minimum atomic E-state index is -3.07. The molecule has 13 heavy (non-hydrogen) atoms. The highest BCUT2D eigenvalue weighted by Gasteiger charge is 2.58. The van der Waals surface area contributed by atoms with E-state index in [1.54, 1.807) is 0 Å². The van der Waals surface area contributed by atoms with Gasteiger partial charge in [-0.2, -0.15) is 0 Å². The van der Waals surface area contributed by atoms with E-state index in [0.29, 0.717) is 0 Å². The molecule has 0 radical (unpaired) electrons. The van der Waals surface area contributed by atoms with Crippen molar-refractivity contribution in [3.05, 3.63) is 0 Å². The standard InChI is InChI=1S/C6H8O7/c7-2-1-13-5(11)6(12,3(2)8)4(9)10/h2-3,7-8,12H,1H2,(H,9,10)/t2-,3+,6-/m0/s1. The van der Waals surface area contributed by atoms with E-state index in [1.807, 2.05) is 0 Å². The molecule has 1 aliphatic rings. The number of aliphatic hydroxyl groups is 3. The number of carbonyl (C=O) groups is 2. The molecule has 0 bridgehead atoms. The number of ether oxygens (including phenoxy) is 1. The zero-order valence-electron chi connectivity index (χ0n) is 6.38. The van der Waals surface area contributed by atoms with Gasteiger partial charge in [0.1, 0.15) is 18.8 Å². The van der Waals surface area contributed by atoms with E-state index in [9.17, 15) is 14.7 Å². The first-order valence-electron chi connectivity index (χ1n) is 3.39. The molecule has 7 heteroatoms. The largest absolute Gasteiger partial charge is 0.479 e. The highest BCUT2D eigenvalue weighted by atomic mass is 16.6. The van der Waals surface area contributed by atoms with Crippen LogP contribution in [0.2, 0.25) is 0 Å². The van der Waals surface area contributed by atoms with Gasteiger partial charge >= 0.3 is 11.9 Å². The van der Waals surface area contributed by atoms with Crippen LogP contribution >= 0.6 is 0 Å². The Morgan fingerprint density at radius 2 is 2.08 bits per heavy atom. The van der Waals surface area contributed by atoms with Crippen molar-refractivity contribution >= 4 is 11.9 Å². The third-order valence-corrected chi connectivity index (χ3v) is 1.81. The summed E-state index contributed by atoms with van der Waals surface area (Å²) < 4.78 is 4.16. The fourth-order valence-electron chi connectivity index (χ4n) is 0.975. The van der Waals surface area contributed by atoms with Crippen LogP contribution < -0.4 is 0 Å². The molecule has 74 valence electrons. The second-order valence-corrected chi connectivity index (χ2v) is 2.68. The molecule has 0 amide bonds. The molecular weight excluding hydrogens is 184 g/mol. The summed E-state index contributed by atoms with van der Waals surface area (Å²) >= 11 is 0. The van der Waals surface area contributed by atoms with E-state index in [1.165, 1.54) is 0 Å². The average Bonchev–Trinajstić information content (AvgIpc) is 2.08. The first-order valence-corrected chi connectivity index (χ1v) is 3.39. The quantitative estimate of drug-likeness (QED) is 0.259. The van der Waals surface area contributed by atoms with E-state index in [-0.39, 0.29) is 0 Å². The summed E-state index contributed by atoms with van der Waals surface area (Å²) in [7, 11) is 0. The van der Waals surface area contributed by atoms with E-state index in [2.05, 4.69) is 4.74 Å². The minimum Gasteiger partial charge on any atom is -0.479 e. The normalized spacial score (nSPS) is 39.8. The molecule has 1 fully saturated rings. The summed E-state index contributed by atoms with van der Waals surface area (Å²) in [6, 6.07) is 0. The zero-order chi connectivity index (χ0) is 10.2. The molecule has 0 aromatic rings. The second kappa shape index (κ2) is 2.95. The van der Waals surface area contributed by atoms with Crippen molar-refractivity contribution in [2.75, 3.05) is 6.61 Å². The van der Waals surface area contributed by atoms with Gasteiger partial charge in [0.15, 0.2) is 0 Å². The van der Waals surface area contributed by atoms with Gasteiger partial charge in [-0.15, -0.1) is 0 Å². The number of hydrogen-bond donors (Lipinski definition) is 4. The number of carboxylic acids is 1. The highest BCUT2D eigenvalue weighted by Crippen LogP contribution is 2.21. The lowest BCUT2D eigenvalue weighted by Gasteiger charge is -2.33. The van der Waals surface area contributed by atoms with Gasteiger partial charge in [0.05, 0.1) is 0 Å². The van der Waals surface area contributed by atoms with Gasteiger partial charge in [0.2, 0.25) is 0 Å². The second-order valence-electron chi connectivity index (χ2n) is 2.68. The fourth-order valence-corrected chi connectivity index (χ4v) is 0.975. The van der Waals surface area contributed by atoms with Crippen LogP contribution in [0.5, 0.6) is 0 Å². The van der Waals surface area contributed by atoms with Crippen molar-refractivity contribution in [1.29, 1.82) is 0 Å². The molecule has 1 aliphatic heterocycles. The third kappa shape index (κ3) is 1.26. The van der Waals surface area contributed by atoms with Crippen molar-refractivity contribution < 1.29 is 34.8 Å². The maximum Gasteiger partial charge on any atom is 0.353 e. The number of cyclic esters (lactones) is 1. The molecular formula is C6H8O7. The van der Waals surface area contributed by atoms with Gasteiger partial charge in [-0.25, -0.2) is 9.59 Å². The number of aliphatic hydroxyl groups excluding tert-OH is 2. The van der Waals surface area contributed by atoms with Crippen LogP contribution in [0.4, 0.5) is 0 Å². The molecule has 0 unspecified atom stereocenters. The molecule has 1 rings (SSSR count). The summed E-state index contributed by atoms with van der Waals surface area (Å²) in [5, 5.41) is 35.6. The van der Waals surface area contributed by atoms with Crippen LogP contribution in [0.3, 0.4) is 0 Å². The molecule has 3 atom stereocenters. The molecule has 1 heterocycles. The average molecular weight is 192 g/mol. The lowest BCUT2D eigenvalue weighted by Crippen LogP contribution is -2.65. The molecule has 1 saturated heterocycles. The van der Waals surface area contributed by atoms with Gasteiger partial charge in [-0.05, 0) is 0 Å². The Labute approximate surface area is 72.2 Å².